The standard InChI is InChI=1S/C24H30N2O4/c1-2-3-4-5-6-9-15-26(24-25-21-13-7-8-14-22(21)30-24)17-19-11-10-12-20(16-19)29-18-23(27)28/h7-8,10-14,16H,2-6,9,15,17-18H2,1H3,(H,27,28). The van der Waals surface area contributed by atoms with Crippen molar-refractivity contribution >= 4 is 23.1 Å². The number of hydrogen-bond acceptors (Lipinski definition) is 5. The van der Waals surface area contributed by atoms with Gasteiger partial charge in [0, 0.05) is 13.1 Å². The van der Waals surface area contributed by atoms with Crippen molar-refractivity contribution in [2.24, 2.45) is 0 Å². The summed E-state index contributed by atoms with van der Waals surface area (Å²) in [5.41, 5.74) is 2.64. The Morgan fingerprint density at radius 3 is 2.67 bits per heavy atom. The lowest BCUT2D eigenvalue weighted by molar-refractivity contribution is -0.139. The van der Waals surface area contributed by atoms with Gasteiger partial charge in [0.1, 0.15) is 11.3 Å². The molecule has 0 aliphatic heterocycles. The van der Waals surface area contributed by atoms with Gasteiger partial charge in [-0.1, -0.05) is 63.3 Å². The number of aromatic nitrogens is 1. The molecular formula is C24H30N2O4. The van der Waals surface area contributed by atoms with E-state index in [1.165, 1.54) is 32.1 Å². The van der Waals surface area contributed by atoms with Crippen LogP contribution in [0.25, 0.3) is 11.1 Å². The van der Waals surface area contributed by atoms with Gasteiger partial charge in [0.05, 0.1) is 0 Å². The second-order valence-electron chi connectivity index (χ2n) is 7.48. The number of ether oxygens (including phenoxy) is 1. The molecule has 0 saturated heterocycles. The van der Waals surface area contributed by atoms with E-state index in [-0.39, 0.29) is 6.61 Å². The summed E-state index contributed by atoms with van der Waals surface area (Å²) >= 11 is 0. The number of fused-ring (bicyclic) bond motifs is 1. The van der Waals surface area contributed by atoms with Crippen LogP contribution in [-0.2, 0) is 11.3 Å². The van der Waals surface area contributed by atoms with Crippen molar-refractivity contribution in [1.29, 1.82) is 0 Å². The zero-order chi connectivity index (χ0) is 21.2. The monoisotopic (exact) mass is 410 g/mol. The SMILES string of the molecule is CCCCCCCCN(Cc1cccc(OCC(=O)O)c1)c1nc2ccccc2o1. The van der Waals surface area contributed by atoms with Crippen molar-refractivity contribution in [3.8, 4) is 5.75 Å². The second-order valence-corrected chi connectivity index (χ2v) is 7.48. The van der Waals surface area contributed by atoms with E-state index in [0.717, 1.165) is 29.6 Å². The molecule has 3 aromatic rings. The third kappa shape index (κ3) is 6.51. The predicted octanol–water partition coefficient (Wildman–Crippen LogP) is 5.66. The molecular weight excluding hydrogens is 380 g/mol. The average molecular weight is 411 g/mol. The molecule has 3 rings (SSSR count). The number of anilines is 1. The summed E-state index contributed by atoms with van der Waals surface area (Å²) in [5.74, 6) is -0.441. The molecule has 0 aliphatic rings. The molecule has 0 radical (unpaired) electrons. The van der Waals surface area contributed by atoms with Crippen molar-refractivity contribution in [3.05, 3.63) is 54.1 Å². The van der Waals surface area contributed by atoms with Crippen LogP contribution in [-0.4, -0.2) is 29.2 Å². The number of carboxylic acids is 1. The molecule has 0 fully saturated rings. The fourth-order valence-electron chi connectivity index (χ4n) is 3.42. The zero-order valence-corrected chi connectivity index (χ0v) is 17.5. The molecule has 0 bridgehead atoms. The van der Waals surface area contributed by atoms with Gasteiger partial charge in [-0.05, 0) is 36.2 Å². The predicted molar refractivity (Wildman–Crippen MR) is 118 cm³/mol. The molecule has 0 amide bonds. The van der Waals surface area contributed by atoms with Gasteiger partial charge in [-0.3, -0.25) is 0 Å². The summed E-state index contributed by atoms with van der Waals surface area (Å²) in [6, 6.07) is 15.9. The normalized spacial score (nSPS) is 11.0. The molecule has 0 unspecified atom stereocenters. The minimum absolute atomic E-state index is 0.351. The molecule has 2 aromatic carbocycles. The Bertz CT molecular complexity index is 905. The quantitative estimate of drug-likeness (QED) is 0.367. The van der Waals surface area contributed by atoms with E-state index in [4.69, 9.17) is 14.3 Å². The number of oxazole rings is 1. The van der Waals surface area contributed by atoms with Gasteiger partial charge in [-0.25, -0.2) is 4.79 Å². The lowest BCUT2D eigenvalue weighted by atomic mass is 10.1. The Hall–Kier alpha value is -3.02. The third-order valence-corrected chi connectivity index (χ3v) is 4.97. The van der Waals surface area contributed by atoms with Crippen LogP contribution < -0.4 is 9.64 Å². The van der Waals surface area contributed by atoms with E-state index in [9.17, 15) is 4.79 Å². The van der Waals surface area contributed by atoms with Gasteiger partial charge in [0.2, 0.25) is 0 Å². The maximum Gasteiger partial charge on any atom is 0.341 e. The van der Waals surface area contributed by atoms with Gasteiger partial charge in [-0.2, -0.15) is 4.98 Å². The second kappa shape index (κ2) is 11.2. The van der Waals surface area contributed by atoms with Crippen LogP contribution in [0.15, 0.2) is 52.9 Å². The Morgan fingerprint density at radius 1 is 1.07 bits per heavy atom. The maximum atomic E-state index is 10.8. The van der Waals surface area contributed by atoms with Crippen molar-refractivity contribution in [2.75, 3.05) is 18.1 Å². The summed E-state index contributed by atoms with van der Waals surface area (Å²) < 4.78 is 11.3. The molecule has 6 heteroatoms. The molecule has 6 nitrogen and oxygen atoms in total. The number of para-hydroxylation sites is 2. The first-order chi connectivity index (χ1) is 14.7. The summed E-state index contributed by atoms with van der Waals surface area (Å²) in [7, 11) is 0. The lowest BCUT2D eigenvalue weighted by Crippen LogP contribution is -2.24. The van der Waals surface area contributed by atoms with Gasteiger partial charge < -0.3 is 19.2 Å². The first kappa shape index (κ1) is 21.7. The number of aliphatic carboxylic acids is 1. The molecule has 30 heavy (non-hydrogen) atoms. The Labute approximate surface area is 177 Å². The highest BCUT2D eigenvalue weighted by molar-refractivity contribution is 5.74. The number of benzene rings is 2. The van der Waals surface area contributed by atoms with Crippen LogP contribution >= 0.6 is 0 Å². The van der Waals surface area contributed by atoms with Crippen LogP contribution in [0.2, 0.25) is 0 Å². The average Bonchev–Trinajstić information content (AvgIpc) is 3.18. The Kier molecular flexibility index (Phi) is 8.12. The summed E-state index contributed by atoms with van der Waals surface area (Å²) in [5, 5.41) is 8.83. The molecule has 160 valence electrons. The van der Waals surface area contributed by atoms with Crippen molar-refractivity contribution in [3.63, 3.8) is 0 Å². The van der Waals surface area contributed by atoms with Crippen LogP contribution in [0.1, 0.15) is 51.0 Å². The molecule has 1 N–H and O–H groups in total. The van der Waals surface area contributed by atoms with E-state index < -0.39 is 5.97 Å². The van der Waals surface area contributed by atoms with Crippen LogP contribution in [0.3, 0.4) is 0 Å². The van der Waals surface area contributed by atoms with E-state index in [0.29, 0.717) is 18.3 Å². The highest BCUT2D eigenvalue weighted by Crippen LogP contribution is 2.25. The maximum absolute atomic E-state index is 10.8. The van der Waals surface area contributed by atoms with E-state index in [1.54, 1.807) is 6.07 Å². The molecule has 0 atom stereocenters. The minimum Gasteiger partial charge on any atom is -0.482 e. The molecule has 0 saturated carbocycles. The highest BCUT2D eigenvalue weighted by atomic mass is 16.5. The number of carbonyl (C=O) groups is 1. The Morgan fingerprint density at radius 2 is 1.87 bits per heavy atom. The summed E-state index contributed by atoms with van der Waals surface area (Å²) in [6.07, 6.45) is 7.31. The topological polar surface area (TPSA) is 75.8 Å². The number of carboxylic acid groups (broad SMARTS) is 1. The number of nitrogens with zero attached hydrogens (tertiary/aromatic N) is 2. The third-order valence-electron chi connectivity index (χ3n) is 4.97. The van der Waals surface area contributed by atoms with E-state index in [2.05, 4.69) is 16.8 Å². The fourth-order valence-corrected chi connectivity index (χ4v) is 3.42. The van der Waals surface area contributed by atoms with E-state index in [1.807, 2.05) is 42.5 Å². The zero-order valence-electron chi connectivity index (χ0n) is 17.5. The van der Waals surface area contributed by atoms with Crippen LogP contribution in [0.4, 0.5) is 6.01 Å². The van der Waals surface area contributed by atoms with Gasteiger partial charge in [0.25, 0.3) is 6.01 Å². The largest absolute Gasteiger partial charge is 0.482 e. The van der Waals surface area contributed by atoms with E-state index >= 15 is 0 Å². The highest BCUT2D eigenvalue weighted by Gasteiger charge is 2.15. The molecule has 1 aromatic heterocycles. The van der Waals surface area contributed by atoms with Gasteiger partial charge >= 0.3 is 5.97 Å². The first-order valence-corrected chi connectivity index (χ1v) is 10.7. The van der Waals surface area contributed by atoms with Gasteiger partial charge in [0.15, 0.2) is 12.2 Å². The summed E-state index contributed by atoms with van der Waals surface area (Å²) in [4.78, 5) is 17.6. The smallest absolute Gasteiger partial charge is 0.341 e. The molecule has 0 aliphatic carbocycles. The lowest BCUT2D eigenvalue weighted by Gasteiger charge is -2.21. The Balaban J connectivity index is 1.70. The van der Waals surface area contributed by atoms with Crippen molar-refractivity contribution in [2.45, 2.75) is 52.0 Å². The fraction of sp³-hybridized carbons (Fsp3) is 0.417. The molecule has 1 heterocycles. The molecule has 0 spiro atoms. The number of rotatable bonds is 13. The van der Waals surface area contributed by atoms with Crippen molar-refractivity contribution < 1.29 is 19.1 Å². The number of unbranched alkanes of at least 4 members (excludes halogenated alkanes) is 5. The van der Waals surface area contributed by atoms with Crippen molar-refractivity contribution in [1.82, 2.24) is 4.98 Å². The van der Waals surface area contributed by atoms with Crippen LogP contribution in [0.5, 0.6) is 5.75 Å². The first-order valence-electron chi connectivity index (χ1n) is 10.7. The van der Waals surface area contributed by atoms with Crippen LogP contribution in [0, 0.1) is 0 Å². The minimum atomic E-state index is -0.989. The number of hydrogen-bond donors (Lipinski definition) is 1. The summed E-state index contributed by atoms with van der Waals surface area (Å²) in [6.45, 7) is 3.34. The van der Waals surface area contributed by atoms with Gasteiger partial charge in [-0.15, -0.1) is 0 Å².